The van der Waals surface area contributed by atoms with Crippen LogP contribution in [0.4, 0.5) is 0 Å². The summed E-state index contributed by atoms with van der Waals surface area (Å²) in [7, 11) is 0. The van der Waals surface area contributed by atoms with Crippen LogP contribution in [0.15, 0.2) is 0 Å². The lowest BCUT2D eigenvalue weighted by atomic mass is 10.1. The third kappa shape index (κ3) is 13.3. The van der Waals surface area contributed by atoms with Crippen molar-refractivity contribution >= 4 is 5.91 Å². The summed E-state index contributed by atoms with van der Waals surface area (Å²) >= 11 is 0. The van der Waals surface area contributed by atoms with E-state index in [0.29, 0.717) is 32.0 Å². The van der Waals surface area contributed by atoms with E-state index in [1.807, 2.05) is 0 Å². The molecule has 0 saturated heterocycles. The molecule has 0 aromatic rings. The second-order valence-corrected chi connectivity index (χ2v) is 5.75. The highest BCUT2D eigenvalue weighted by Gasteiger charge is 2.09. The van der Waals surface area contributed by atoms with E-state index in [2.05, 4.69) is 45.3 Å². The monoisotopic (exact) mass is 244 g/mol. The van der Waals surface area contributed by atoms with Crippen LogP contribution in [-0.4, -0.2) is 37.7 Å². The Morgan fingerprint density at radius 3 is 2.41 bits per heavy atom. The highest BCUT2D eigenvalue weighted by atomic mass is 16.5. The number of rotatable bonds is 8. The van der Waals surface area contributed by atoms with Gasteiger partial charge in [0, 0.05) is 31.7 Å². The van der Waals surface area contributed by atoms with E-state index in [-0.39, 0.29) is 11.4 Å². The lowest BCUT2D eigenvalue weighted by Crippen LogP contribution is -2.38. The average molecular weight is 244 g/mol. The van der Waals surface area contributed by atoms with Gasteiger partial charge in [0.15, 0.2) is 0 Å². The van der Waals surface area contributed by atoms with Gasteiger partial charge < -0.3 is 15.4 Å². The molecule has 0 bridgehead atoms. The fraction of sp³-hybridized carbons (Fsp3) is 0.923. The van der Waals surface area contributed by atoms with Gasteiger partial charge in [-0.25, -0.2) is 0 Å². The smallest absolute Gasteiger partial charge is 0.221 e. The Balaban J connectivity index is 3.35. The Bertz CT molecular complexity index is 210. The standard InChI is InChI=1S/C13H28N2O2/c1-11(2)10-17-9-8-14-12(16)6-7-15-13(3,4)5/h11,15H,6-10H2,1-5H3,(H,14,16). The molecule has 0 aromatic heterocycles. The van der Waals surface area contributed by atoms with Crippen LogP contribution in [0.2, 0.25) is 0 Å². The number of amides is 1. The van der Waals surface area contributed by atoms with Crippen LogP contribution in [0.3, 0.4) is 0 Å². The third-order valence-electron chi connectivity index (χ3n) is 2.03. The summed E-state index contributed by atoms with van der Waals surface area (Å²) in [6.07, 6.45) is 0.515. The van der Waals surface area contributed by atoms with Crippen molar-refractivity contribution in [3.8, 4) is 0 Å². The van der Waals surface area contributed by atoms with E-state index in [1.165, 1.54) is 0 Å². The minimum atomic E-state index is 0.0701. The number of hydrogen-bond donors (Lipinski definition) is 2. The first-order chi connectivity index (χ1) is 7.81. The Morgan fingerprint density at radius 2 is 1.88 bits per heavy atom. The largest absolute Gasteiger partial charge is 0.379 e. The fourth-order valence-corrected chi connectivity index (χ4v) is 1.22. The normalized spacial score (nSPS) is 11.9. The van der Waals surface area contributed by atoms with Crippen LogP contribution in [0.25, 0.3) is 0 Å². The van der Waals surface area contributed by atoms with Gasteiger partial charge >= 0.3 is 0 Å². The maximum Gasteiger partial charge on any atom is 0.221 e. The number of ether oxygens (including phenoxy) is 1. The molecule has 1 amide bonds. The molecule has 0 aliphatic rings. The number of hydrogen-bond acceptors (Lipinski definition) is 3. The van der Waals surface area contributed by atoms with Crippen molar-refractivity contribution in [2.75, 3.05) is 26.3 Å². The Labute approximate surface area is 105 Å². The van der Waals surface area contributed by atoms with Crippen LogP contribution >= 0.6 is 0 Å². The quantitative estimate of drug-likeness (QED) is 0.637. The molecule has 0 atom stereocenters. The molecule has 2 N–H and O–H groups in total. The van der Waals surface area contributed by atoms with Crippen LogP contribution in [0.5, 0.6) is 0 Å². The van der Waals surface area contributed by atoms with Gasteiger partial charge in [0.25, 0.3) is 0 Å². The molecule has 0 rings (SSSR count). The molecule has 0 heterocycles. The first-order valence-corrected chi connectivity index (χ1v) is 6.41. The molecular formula is C13H28N2O2. The third-order valence-corrected chi connectivity index (χ3v) is 2.03. The number of carbonyl (C=O) groups is 1. The van der Waals surface area contributed by atoms with Crippen molar-refractivity contribution < 1.29 is 9.53 Å². The summed E-state index contributed by atoms with van der Waals surface area (Å²) in [5.41, 5.74) is 0.0701. The summed E-state index contributed by atoms with van der Waals surface area (Å²) in [5, 5.41) is 6.12. The zero-order chi connectivity index (χ0) is 13.3. The summed E-state index contributed by atoms with van der Waals surface area (Å²) in [6.45, 7) is 13.1. The van der Waals surface area contributed by atoms with Crippen LogP contribution in [0, 0.1) is 5.92 Å². The van der Waals surface area contributed by atoms with Gasteiger partial charge in [0.2, 0.25) is 5.91 Å². The minimum Gasteiger partial charge on any atom is -0.379 e. The molecule has 0 spiro atoms. The molecule has 102 valence electrons. The van der Waals surface area contributed by atoms with Gasteiger partial charge in [-0.2, -0.15) is 0 Å². The molecular weight excluding hydrogens is 216 g/mol. The van der Waals surface area contributed by atoms with Gasteiger partial charge in [-0.1, -0.05) is 13.8 Å². The Hall–Kier alpha value is -0.610. The predicted octanol–water partition coefficient (Wildman–Crippen LogP) is 1.55. The average Bonchev–Trinajstić information content (AvgIpc) is 2.14. The van der Waals surface area contributed by atoms with Gasteiger partial charge in [-0.3, -0.25) is 4.79 Å². The number of carbonyl (C=O) groups excluding carboxylic acids is 1. The van der Waals surface area contributed by atoms with E-state index < -0.39 is 0 Å². The maximum absolute atomic E-state index is 11.4. The van der Waals surface area contributed by atoms with Gasteiger partial charge in [-0.05, 0) is 26.7 Å². The molecule has 0 aromatic carbocycles. The molecule has 4 nitrogen and oxygen atoms in total. The highest BCUT2D eigenvalue weighted by Crippen LogP contribution is 1.97. The second kappa shape index (κ2) is 8.48. The molecule has 17 heavy (non-hydrogen) atoms. The Morgan fingerprint density at radius 1 is 1.24 bits per heavy atom. The van der Waals surface area contributed by atoms with Crippen molar-refractivity contribution in [3.05, 3.63) is 0 Å². The highest BCUT2D eigenvalue weighted by molar-refractivity contribution is 5.76. The first kappa shape index (κ1) is 16.4. The van der Waals surface area contributed by atoms with E-state index in [0.717, 1.165) is 6.61 Å². The van der Waals surface area contributed by atoms with Crippen molar-refractivity contribution in [1.82, 2.24) is 10.6 Å². The zero-order valence-corrected chi connectivity index (χ0v) is 11.9. The van der Waals surface area contributed by atoms with E-state index >= 15 is 0 Å². The van der Waals surface area contributed by atoms with E-state index in [4.69, 9.17) is 4.74 Å². The predicted molar refractivity (Wildman–Crippen MR) is 71.0 cm³/mol. The van der Waals surface area contributed by atoms with Gasteiger partial charge in [0.1, 0.15) is 0 Å². The SMILES string of the molecule is CC(C)COCCNC(=O)CCNC(C)(C)C. The van der Waals surface area contributed by atoms with Crippen molar-refractivity contribution in [2.45, 2.75) is 46.6 Å². The first-order valence-electron chi connectivity index (χ1n) is 6.41. The van der Waals surface area contributed by atoms with Crippen LogP contribution in [0.1, 0.15) is 41.0 Å². The van der Waals surface area contributed by atoms with E-state index in [9.17, 15) is 4.79 Å². The summed E-state index contributed by atoms with van der Waals surface area (Å²) < 4.78 is 5.37. The molecule has 4 heteroatoms. The molecule has 0 fully saturated rings. The number of nitrogens with one attached hydrogen (secondary N) is 2. The summed E-state index contributed by atoms with van der Waals surface area (Å²) in [4.78, 5) is 11.4. The lowest BCUT2D eigenvalue weighted by molar-refractivity contribution is -0.121. The van der Waals surface area contributed by atoms with Gasteiger partial charge in [-0.15, -0.1) is 0 Å². The molecule has 0 radical (unpaired) electrons. The molecule has 0 saturated carbocycles. The summed E-state index contributed by atoms with van der Waals surface area (Å²) in [6, 6.07) is 0. The second-order valence-electron chi connectivity index (χ2n) is 5.75. The van der Waals surface area contributed by atoms with Gasteiger partial charge in [0.05, 0.1) is 6.61 Å². The van der Waals surface area contributed by atoms with Crippen LogP contribution in [-0.2, 0) is 9.53 Å². The Kier molecular flexibility index (Phi) is 8.17. The zero-order valence-electron chi connectivity index (χ0n) is 11.9. The van der Waals surface area contributed by atoms with Crippen molar-refractivity contribution in [3.63, 3.8) is 0 Å². The van der Waals surface area contributed by atoms with Crippen LogP contribution < -0.4 is 10.6 Å². The van der Waals surface area contributed by atoms with E-state index in [1.54, 1.807) is 0 Å². The topological polar surface area (TPSA) is 50.4 Å². The lowest BCUT2D eigenvalue weighted by Gasteiger charge is -2.20. The molecule has 0 aliphatic heterocycles. The van der Waals surface area contributed by atoms with Crippen molar-refractivity contribution in [1.29, 1.82) is 0 Å². The molecule has 0 aliphatic carbocycles. The maximum atomic E-state index is 11.4. The minimum absolute atomic E-state index is 0.0701. The summed E-state index contributed by atoms with van der Waals surface area (Å²) in [5.74, 6) is 0.622. The molecule has 0 unspecified atom stereocenters. The fourth-order valence-electron chi connectivity index (χ4n) is 1.22. The van der Waals surface area contributed by atoms with Crippen molar-refractivity contribution in [2.24, 2.45) is 5.92 Å².